The maximum absolute atomic E-state index is 14.9. The van der Waals surface area contributed by atoms with Crippen molar-refractivity contribution < 1.29 is 52.5 Å². The van der Waals surface area contributed by atoms with Gasteiger partial charge in [-0.15, -0.1) is 0 Å². The molecule has 1 aliphatic rings. The van der Waals surface area contributed by atoms with Crippen molar-refractivity contribution in [3.63, 3.8) is 0 Å². The zero-order valence-electron chi connectivity index (χ0n) is 43.1. The van der Waals surface area contributed by atoms with Crippen LogP contribution in [0.15, 0.2) is 84.9 Å². The van der Waals surface area contributed by atoms with Crippen LogP contribution in [0.3, 0.4) is 0 Å². The number of ether oxygens (including phenoxy) is 4. The highest BCUT2D eigenvalue weighted by Gasteiger charge is 2.36. The number of hydrogen-bond acceptors (Lipinski definition) is 11. The summed E-state index contributed by atoms with van der Waals surface area (Å²) in [6.07, 6.45) is 2.87. The lowest BCUT2D eigenvalue weighted by Crippen LogP contribution is -2.55. The van der Waals surface area contributed by atoms with Gasteiger partial charge in [0, 0.05) is 43.2 Å². The second kappa shape index (κ2) is 25.6. The third kappa shape index (κ3) is 15.0. The van der Waals surface area contributed by atoms with E-state index in [-0.39, 0.29) is 38.3 Å². The molecule has 72 heavy (non-hydrogen) atoms. The molecular formula is C55H70N6O11. The second-order valence-corrected chi connectivity index (χ2v) is 19.0. The maximum Gasteiger partial charge on any atom is 0.407 e. The van der Waals surface area contributed by atoms with Crippen LogP contribution < -0.4 is 36.1 Å². The summed E-state index contributed by atoms with van der Waals surface area (Å²) >= 11 is 0. The quantitative estimate of drug-likeness (QED) is 0.0539. The molecule has 5 N–H and O–H groups in total. The highest BCUT2D eigenvalue weighted by atomic mass is 16.6. The van der Waals surface area contributed by atoms with Crippen molar-refractivity contribution in [2.24, 2.45) is 5.92 Å². The van der Waals surface area contributed by atoms with Crippen LogP contribution >= 0.6 is 0 Å². The molecule has 386 valence electrons. The van der Waals surface area contributed by atoms with E-state index in [0.29, 0.717) is 39.3 Å². The fourth-order valence-electron chi connectivity index (χ4n) is 8.23. The Morgan fingerprint density at radius 3 is 2.03 bits per heavy atom. The van der Waals surface area contributed by atoms with E-state index in [4.69, 9.17) is 18.9 Å². The molecule has 0 spiro atoms. The van der Waals surface area contributed by atoms with E-state index >= 15 is 0 Å². The summed E-state index contributed by atoms with van der Waals surface area (Å²) in [6, 6.07) is 20.8. The number of esters is 1. The summed E-state index contributed by atoms with van der Waals surface area (Å²) in [5, 5.41) is 13.8. The molecule has 0 radical (unpaired) electrons. The molecule has 4 bridgehead atoms. The van der Waals surface area contributed by atoms with Gasteiger partial charge in [0.1, 0.15) is 41.3 Å². The number of likely N-dealkylation sites (N-methyl/N-ethyl adjacent to an activating group) is 1. The van der Waals surface area contributed by atoms with Gasteiger partial charge in [-0.05, 0) is 118 Å². The van der Waals surface area contributed by atoms with Gasteiger partial charge >= 0.3 is 12.1 Å². The van der Waals surface area contributed by atoms with E-state index in [1.807, 2.05) is 12.1 Å². The molecule has 1 aliphatic heterocycles. The first-order valence-corrected chi connectivity index (χ1v) is 24.3. The summed E-state index contributed by atoms with van der Waals surface area (Å²) in [5.41, 5.74) is 4.91. The highest BCUT2D eigenvalue weighted by molar-refractivity contribution is 5.97. The highest BCUT2D eigenvalue weighted by Crippen LogP contribution is 2.40. The molecule has 0 aromatic heterocycles. The Bertz CT molecular complexity index is 2560. The predicted octanol–water partition coefficient (Wildman–Crippen LogP) is 6.45. The number of carbonyl (C=O) groups excluding carboxylic acids is 7. The molecule has 1 unspecified atom stereocenters. The third-order valence-electron chi connectivity index (χ3n) is 12.3. The fraction of sp³-hybridized carbons (Fsp3) is 0.436. The standard InChI is InChI=1S/C55H70N6O11/c1-11-12-14-35-16-19-37(20-17-35)38-21-23-39(24-22-38)50(64)57-32-33(2)48(62)59-43(15-13-28-56-54(68)72-55(4,5)6)52(66)61(7)47-40-25-27-46(70-9)42(31-40)41-29-36(18-26-45(41)69-8)30-44(53(67)71-10)60-49(63)34(3)58-51(47)65/h16-27,29,31,33-34,43-44,47H,11-15,28,30,32H2,1-10H3,(H,56,68)(H,57,64)(H,58,65)(H,59,62)(H,60,63)/t33?,34-,43-,44-,47-/m0/s1. The molecule has 4 aromatic rings. The smallest absolute Gasteiger partial charge is 0.407 e. The van der Waals surface area contributed by atoms with Gasteiger partial charge in [-0.1, -0.05) is 68.8 Å². The minimum Gasteiger partial charge on any atom is -0.496 e. The Balaban J connectivity index is 1.42. The second-order valence-electron chi connectivity index (χ2n) is 19.0. The van der Waals surface area contributed by atoms with Gasteiger partial charge in [-0.3, -0.25) is 24.0 Å². The lowest BCUT2D eigenvalue weighted by Gasteiger charge is -2.33. The zero-order valence-corrected chi connectivity index (χ0v) is 43.1. The van der Waals surface area contributed by atoms with Crippen LogP contribution in [0.1, 0.15) is 100 Å². The number of fused-ring (bicyclic) bond motifs is 5. The largest absolute Gasteiger partial charge is 0.496 e. The Kier molecular flexibility index (Phi) is 19.7. The number of hydrogen-bond donors (Lipinski definition) is 5. The van der Waals surface area contributed by atoms with Crippen molar-refractivity contribution in [2.45, 2.75) is 110 Å². The maximum atomic E-state index is 14.9. The monoisotopic (exact) mass is 991 g/mol. The van der Waals surface area contributed by atoms with Crippen LogP contribution in [0.4, 0.5) is 4.79 Å². The molecular weight excluding hydrogens is 921 g/mol. The van der Waals surface area contributed by atoms with Crippen LogP contribution in [0.25, 0.3) is 22.3 Å². The number of carbonyl (C=O) groups is 7. The number of methoxy groups -OCH3 is 3. The number of nitrogens with one attached hydrogen (secondary N) is 5. The number of alkyl carbamates (subject to hydrolysis) is 1. The number of amides is 6. The molecule has 5 atom stereocenters. The Morgan fingerprint density at radius 2 is 1.42 bits per heavy atom. The molecule has 0 saturated carbocycles. The molecule has 0 saturated heterocycles. The lowest BCUT2D eigenvalue weighted by atomic mass is 9.93. The fourth-order valence-corrected chi connectivity index (χ4v) is 8.23. The van der Waals surface area contributed by atoms with Gasteiger partial charge in [0.05, 0.1) is 27.2 Å². The van der Waals surface area contributed by atoms with E-state index in [9.17, 15) is 33.6 Å². The lowest BCUT2D eigenvalue weighted by molar-refractivity contribution is -0.145. The Morgan fingerprint density at radius 1 is 0.792 bits per heavy atom. The van der Waals surface area contributed by atoms with Crippen molar-refractivity contribution in [2.75, 3.05) is 41.5 Å². The van der Waals surface area contributed by atoms with Gasteiger partial charge in [0.25, 0.3) is 5.91 Å². The number of rotatable bonds is 18. The molecule has 4 aromatic carbocycles. The van der Waals surface area contributed by atoms with Crippen LogP contribution in [-0.2, 0) is 46.3 Å². The molecule has 17 nitrogen and oxygen atoms in total. The normalized spacial score (nSPS) is 16.6. The van der Waals surface area contributed by atoms with Crippen LogP contribution in [0.2, 0.25) is 0 Å². The van der Waals surface area contributed by atoms with Gasteiger partial charge in [0.2, 0.25) is 23.6 Å². The molecule has 5 rings (SSSR count). The van der Waals surface area contributed by atoms with Crippen LogP contribution in [0.5, 0.6) is 11.5 Å². The number of unbranched alkanes of at least 4 members (excludes halogenated alkanes) is 1. The average Bonchev–Trinajstić information content (AvgIpc) is 3.36. The molecule has 6 amide bonds. The summed E-state index contributed by atoms with van der Waals surface area (Å²) < 4.78 is 21.9. The Hall–Kier alpha value is -7.43. The van der Waals surface area contributed by atoms with Crippen molar-refractivity contribution in [1.29, 1.82) is 0 Å². The molecule has 0 fully saturated rings. The Labute approximate surface area is 422 Å². The number of nitrogens with zero attached hydrogens (tertiary/aromatic N) is 1. The van der Waals surface area contributed by atoms with Gasteiger partial charge < -0.3 is 50.4 Å². The molecule has 1 heterocycles. The molecule has 0 aliphatic carbocycles. The average molecular weight is 991 g/mol. The minimum atomic E-state index is -1.40. The SMILES string of the molecule is CCCCc1ccc(-c2ccc(C(=O)NCC(C)C(=O)N[C@@H](CCCNC(=O)OC(C)(C)C)C(=O)N(C)[C@@H]3C(=O)N[C@@H](C)C(=O)N[C@H](C(=O)OC)Cc4ccc(OC)c(c4)-c4cc3ccc4OC)cc2)cc1. The van der Waals surface area contributed by atoms with Crippen molar-refractivity contribution in [3.8, 4) is 33.8 Å². The third-order valence-corrected chi connectivity index (χ3v) is 12.3. The number of benzene rings is 4. The van der Waals surface area contributed by atoms with E-state index < -0.39 is 71.4 Å². The zero-order chi connectivity index (χ0) is 52.7. The van der Waals surface area contributed by atoms with E-state index in [1.165, 1.54) is 45.8 Å². The van der Waals surface area contributed by atoms with E-state index in [2.05, 4.69) is 57.8 Å². The first-order valence-electron chi connectivity index (χ1n) is 24.3. The van der Waals surface area contributed by atoms with Gasteiger partial charge in [-0.2, -0.15) is 0 Å². The van der Waals surface area contributed by atoms with Crippen molar-refractivity contribution in [1.82, 2.24) is 31.5 Å². The summed E-state index contributed by atoms with van der Waals surface area (Å²) in [5.74, 6) is -3.73. The van der Waals surface area contributed by atoms with E-state index in [0.717, 1.165) is 30.4 Å². The molecule has 17 heteroatoms. The van der Waals surface area contributed by atoms with Gasteiger partial charge in [0.15, 0.2) is 0 Å². The minimum absolute atomic E-state index is 0.0114. The van der Waals surface area contributed by atoms with Crippen molar-refractivity contribution >= 4 is 41.6 Å². The van der Waals surface area contributed by atoms with E-state index in [1.54, 1.807) is 76.2 Å². The summed E-state index contributed by atoms with van der Waals surface area (Å²) in [7, 11) is 5.60. The first kappa shape index (κ1) is 55.5. The first-order chi connectivity index (χ1) is 34.3. The summed E-state index contributed by atoms with van der Waals surface area (Å²) in [6.45, 7) is 10.4. The van der Waals surface area contributed by atoms with Crippen molar-refractivity contribution in [3.05, 3.63) is 107 Å². The van der Waals surface area contributed by atoms with Crippen LogP contribution in [-0.4, -0.2) is 112 Å². The summed E-state index contributed by atoms with van der Waals surface area (Å²) in [4.78, 5) is 97.2. The number of aryl methyl sites for hydroxylation is 1. The topological polar surface area (TPSA) is 220 Å². The van der Waals surface area contributed by atoms with Gasteiger partial charge in [-0.25, -0.2) is 9.59 Å². The van der Waals surface area contributed by atoms with Crippen LogP contribution in [0, 0.1) is 5.92 Å². The predicted molar refractivity (Wildman–Crippen MR) is 273 cm³/mol.